The zero-order valence-corrected chi connectivity index (χ0v) is 13.4. The van der Waals surface area contributed by atoms with Crippen molar-refractivity contribution in [3.63, 3.8) is 0 Å². The number of nitrogens with zero attached hydrogens (tertiary/aromatic N) is 1. The van der Waals surface area contributed by atoms with Crippen LogP contribution in [0.1, 0.15) is 27.8 Å². The van der Waals surface area contributed by atoms with Crippen LogP contribution in [0, 0.1) is 34.6 Å². The van der Waals surface area contributed by atoms with Crippen LogP contribution in [-0.2, 0) is 10.4 Å². The molecule has 1 rings (SSSR count). The van der Waals surface area contributed by atoms with Crippen LogP contribution in [0.3, 0.4) is 0 Å². The summed E-state index contributed by atoms with van der Waals surface area (Å²) in [6.45, 7) is 11.1. The smallest absolute Gasteiger partial charge is 0.377 e. The third kappa shape index (κ3) is 5.18. The normalized spacial score (nSPS) is 10.8. The van der Waals surface area contributed by atoms with Crippen LogP contribution in [-0.4, -0.2) is 31.6 Å². The fourth-order valence-electron chi connectivity index (χ4n) is 2.15. The van der Waals surface area contributed by atoms with Crippen LogP contribution >= 0.6 is 0 Å². The van der Waals surface area contributed by atoms with Gasteiger partial charge in [-0.1, -0.05) is 0 Å². The number of anilines is 1. The molecule has 0 aliphatic heterocycles. The highest BCUT2D eigenvalue weighted by molar-refractivity contribution is 7.79. The molecule has 0 aromatic heterocycles. The molecule has 5 nitrogen and oxygen atoms in total. The Balaban J connectivity index is 0.000000555. The molecular weight excluding hydrogens is 266 g/mol. The third-order valence-corrected chi connectivity index (χ3v) is 3.41. The summed E-state index contributed by atoms with van der Waals surface area (Å²) >= 11 is 0. The molecule has 0 fully saturated rings. The molecule has 0 saturated carbocycles. The zero-order chi connectivity index (χ0) is 15.5. The molecule has 0 radical (unpaired) electrons. The molecule has 6 heteroatoms. The van der Waals surface area contributed by atoms with E-state index in [1.54, 1.807) is 0 Å². The van der Waals surface area contributed by atoms with Gasteiger partial charge in [-0.25, -0.2) is 0 Å². The highest BCUT2D eigenvalue weighted by Crippen LogP contribution is 2.31. The second kappa shape index (κ2) is 6.36. The summed E-state index contributed by atoms with van der Waals surface area (Å²) < 4.78 is 31.6. The molecule has 0 unspecified atom stereocenters. The standard InChI is InChI=1S/C13H21N.H2O4S/c1-8-9(2)11(4)13(14(6)7)12(5)10(8)3;1-5(2,3)4/h1-7H3;(H2,1,2,3,4). The van der Waals surface area contributed by atoms with Crippen molar-refractivity contribution in [2.24, 2.45) is 0 Å². The van der Waals surface area contributed by atoms with Crippen molar-refractivity contribution in [1.29, 1.82) is 0 Å². The van der Waals surface area contributed by atoms with E-state index < -0.39 is 10.4 Å². The lowest BCUT2D eigenvalue weighted by Gasteiger charge is -2.24. The zero-order valence-electron chi connectivity index (χ0n) is 12.6. The minimum absolute atomic E-state index is 1.38. The van der Waals surface area contributed by atoms with E-state index in [4.69, 9.17) is 17.5 Å². The van der Waals surface area contributed by atoms with Crippen molar-refractivity contribution < 1.29 is 17.5 Å². The van der Waals surface area contributed by atoms with Crippen molar-refractivity contribution >= 4 is 16.1 Å². The lowest BCUT2D eigenvalue weighted by atomic mass is 9.92. The molecule has 19 heavy (non-hydrogen) atoms. The maximum Gasteiger partial charge on any atom is 0.394 e. The molecule has 0 spiro atoms. The van der Waals surface area contributed by atoms with Gasteiger partial charge in [0.2, 0.25) is 0 Å². The molecule has 0 saturated heterocycles. The van der Waals surface area contributed by atoms with Crippen LogP contribution in [0.4, 0.5) is 5.69 Å². The average Bonchev–Trinajstić information content (AvgIpc) is 2.21. The Morgan fingerprint density at radius 2 is 0.947 bits per heavy atom. The molecule has 0 bridgehead atoms. The summed E-state index contributed by atoms with van der Waals surface area (Å²) in [5.74, 6) is 0. The number of hydrogen-bond acceptors (Lipinski definition) is 3. The van der Waals surface area contributed by atoms with Crippen LogP contribution in [0.25, 0.3) is 0 Å². The first-order chi connectivity index (χ1) is 8.37. The predicted molar refractivity (Wildman–Crippen MR) is 78.6 cm³/mol. The van der Waals surface area contributed by atoms with E-state index in [-0.39, 0.29) is 0 Å². The van der Waals surface area contributed by atoms with Gasteiger partial charge in [-0.2, -0.15) is 8.42 Å². The summed E-state index contributed by atoms with van der Waals surface area (Å²) in [6, 6.07) is 0. The molecular formula is C13H23NO4S. The summed E-state index contributed by atoms with van der Waals surface area (Å²) in [7, 11) is -0.437. The second-order valence-electron chi connectivity index (χ2n) is 4.82. The molecule has 0 aliphatic carbocycles. The minimum atomic E-state index is -4.67. The summed E-state index contributed by atoms with van der Waals surface area (Å²) in [4.78, 5) is 2.21. The van der Waals surface area contributed by atoms with Gasteiger partial charge in [0.25, 0.3) is 0 Å². The Kier molecular flexibility index (Phi) is 5.99. The van der Waals surface area contributed by atoms with Crippen molar-refractivity contribution in [3.8, 4) is 0 Å². The highest BCUT2D eigenvalue weighted by Gasteiger charge is 2.12. The SMILES string of the molecule is Cc1c(C)c(C)c(N(C)C)c(C)c1C.O=S(=O)(O)O. The third-order valence-electron chi connectivity index (χ3n) is 3.41. The van der Waals surface area contributed by atoms with Crippen LogP contribution in [0.5, 0.6) is 0 Å². The largest absolute Gasteiger partial charge is 0.394 e. The fraction of sp³-hybridized carbons (Fsp3) is 0.538. The van der Waals surface area contributed by atoms with E-state index in [9.17, 15) is 0 Å². The number of hydrogen-bond donors (Lipinski definition) is 2. The van der Waals surface area contributed by atoms with Gasteiger partial charge in [0, 0.05) is 19.8 Å². The Labute approximate surface area is 115 Å². The maximum atomic E-state index is 8.74. The Hall–Kier alpha value is -1.11. The van der Waals surface area contributed by atoms with Gasteiger partial charge in [0.1, 0.15) is 0 Å². The van der Waals surface area contributed by atoms with Gasteiger partial charge < -0.3 is 4.90 Å². The van der Waals surface area contributed by atoms with Crippen LogP contribution in [0.2, 0.25) is 0 Å². The molecule has 0 amide bonds. The van der Waals surface area contributed by atoms with Crippen molar-refractivity contribution in [2.75, 3.05) is 19.0 Å². The fourth-order valence-corrected chi connectivity index (χ4v) is 2.15. The Morgan fingerprint density at radius 1 is 0.737 bits per heavy atom. The molecule has 0 aliphatic rings. The first-order valence-electron chi connectivity index (χ1n) is 5.82. The number of rotatable bonds is 1. The van der Waals surface area contributed by atoms with Gasteiger partial charge in [-0.15, -0.1) is 0 Å². The topological polar surface area (TPSA) is 77.8 Å². The van der Waals surface area contributed by atoms with Crippen molar-refractivity contribution in [3.05, 3.63) is 27.8 Å². The van der Waals surface area contributed by atoms with Gasteiger partial charge in [0.05, 0.1) is 0 Å². The molecule has 0 heterocycles. The highest BCUT2D eigenvalue weighted by atomic mass is 32.3. The van der Waals surface area contributed by atoms with Crippen LogP contribution in [0.15, 0.2) is 0 Å². The quantitative estimate of drug-likeness (QED) is 0.777. The summed E-state index contributed by atoms with van der Waals surface area (Å²) in [5, 5.41) is 0. The van der Waals surface area contributed by atoms with E-state index in [0.29, 0.717) is 0 Å². The lowest BCUT2D eigenvalue weighted by Crippen LogP contribution is -2.14. The monoisotopic (exact) mass is 289 g/mol. The average molecular weight is 289 g/mol. The van der Waals surface area contributed by atoms with E-state index in [2.05, 4.69) is 53.6 Å². The molecule has 1 aromatic carbocycles. The van der Waals surface area contributed by atoms with E-state index in [0.717, 1.165) is 0 Å². The summed E-state index contributed by atoms with van der Waals surface area (Å²) in [6.07, 6.45) is 0. The molecule has 110 valence electrons. The lowest BCUT2D eigenvalue weighted by molar-refractivity contribution is 0.381. The van der Waals surface area contributed by atoms with Crippen molar-refractivity contribution in [1.82, 2.24) is 0 Å². The maximum absolute atomic E-state index is 8.74. The summed E-state index contributed by atoms with van der Waals surface area (Å²) in [5.41, 5.74) is 8.50. The van der Waals surface area contributed by atoms with E-state index in [1.165, 1.54) is 33.5 Å². The first kappa shape index (κ1) is 17.9. The Morgan fingerprint density at radius 3 is 1.16 bits per heavy atom. The first-order valence-corrected chi connectivity index (χ1v) is 7.21. The van der Waals surface area contributed by atoms with Crippen molar-refractivity contribution in [2.45, 2.75) is 34.6 Å². The van der Waals surface area contributed by atoms with E-state index in [1.807, 2.05) is 0 Å². The molecule has 0 atom stereocenters. The Bertz CT molecular complexity index is 525. The van der Waals surface area contributed by atoms with Gasteiger partial charge in [-0.3, -0.25) is 9.11 Å². The van der Waals surface area contributed by atoms with Gasteiger partial charge >= 0.3 is 10.4 Å². The predicted octanol–water partition coefficient (Wildman–Crippen LogP) is 2.64. The molecule has 1 aromatic rings. The van der Waals surface area contributed by atoms with Crippen LogP contribution < -0.4 is 4.90 Å². The molecule has 2 N–H and O–H groups in total. The van der Waals surface area contributed by atoms with Gasteiger partial charge in [-0.05, 0) is 62.4 Å². The van der Waals surface area contributed by atoms with Gasteiger partial charge in [0.15, 0.2) is 0 Å². The van der Waals surface area contributed by atoms with E-state index >= 15 is 0 Å². The second-order valence-corrected chi connectivity index (χ2v) is 5.71. The number of benzene rings is 1. The minimum Gasteiger partial charge on any atom is -0.377 e.